The molecule has 0 radical (unpaired) electrons. The number of hydrogen-bond donors (Lipinski definition) is 1. The van der Waals surface area contributed by atoms with Crippen LogP contribution in [0.4, 0.5) is 13.2 Å². The number of nitrogens with zero attached hydrogens (tertiary/aromatic N) is 3. The van der Waals surface area contributed by atoms with Gasteiger partial charge in [-0.25, -0.2) is 9.78 Å². The van der Waals surface area contributed by atoms with Gasteiger partial charge in [-0.2, -0.15) is 18.2 Å². The highest BCUT2D eigenvalue weighted by atomic mass is 19.4. The molecule has 1 N–H and O–H groups in total. The van der Waals surface area contributed by atoms with Crippen LogP contribution in [-0.4, -0.2) is 19.5 Å². The summed E-state index contributed by atoms with van der Waals surface area (Å²) in [5, 5.41) is 0. The van der Waals surface area contributed by atoms with Gasteiger partial charge in [-0.05, 0) is 5.56 Å². The molecule has 0 bridgehead atoms. The molecular weight excluding hydrogens is 313 g/mol. The first kappa shape index (κ1) is 14.9. The van der Waals surface area contributed by atoms with Crippen LogP contribution in [0, 0.1) is 0 Å². The van der Waals surface area contributed by atoms with Crippen molar-refractivity contribution in [2.45, 2.75) is 12.7 Å². The number of halogens is 3. The Bertz CT molecular complexity index is 931. The van der Waals surface area contributed by atoms with E-state index in [1.165, 1.54) is 0 Å². The minimum atomic E-state index is -4.73. The molecule has 2 aliphatic rings. The number of aromatic nitrogens is 4. The summed E-state index contributed by atoms with van der Waals surface area (Å²) in [5.74, 6) is -0.199. The highest BCUT2D eigenvalue weighted by Gasteiger charge is 2.35. The van der Waals surface area contributed by atoms with E-state index in [2.05, 4.69) is 9.97 Å². The fourth-order valence-electron chi connectivity index (χ4n) is 2.13. The molecule has 1 aromatic rings. The lowest BCUT2D eigenvalue weighted by Gasteiger charge is -2.16. The molecule has 0 unspecified atom stereocenters. The van der Waals surface area contributed by atoms with Crippen LogP contribution in [-0.2, 0) is 12.7 Å². The standard InChI is InChI=1S/C14H9F3N4O2/c15-14(16,17)9-7-21(6-8-4-2-1-3-5-8)11-10(18-9)12(22)20-13(23)19-11/h1-5,7H,6H2,(H,20,22,23). The van der Waals surface area contributed by atoms with Gasteiger partial charge >= 0.3 is 11.9 Å². The van der Waals surface area contributed by atoms with Gasteiger partial charge in [0.05, 0.1) is 0 Å². The van der Waals surface area contributed by atoms with E-state index in [4.69, 9.17) is 0 Å². The molecular formula is C14H9F3N4O2. The topological polar surface area (TPSA) is 80.6 Å². The lowest BCUT2D eigenvalue weighted by atomic mass is 10.2. The quantitative estimate of drug-likeness (QED) is 0.775. The van der Waals surface area contributed by atoms with Gasteiger partial charge in [0.2, 0.25) is 0 Å². The predicted molar refractivity (Wildman–Crippen MR) is 74.1 cm³/mol. The number of fused-ring (bicyclic) bond motifs is 1. The van der Waals surface area contributed by atoms with E-state index >= 15 is 0 Å². The Morgan fingerprint density at radius 1 is 1.09 bits per heavy atom. The molecule has 0 amide bonds. The fraction of sp³-hybridized carbons (Fsp3) is 0.143. The second-order valence-electron chi connectivity index (χ2n) is 4.78. The Kier molecular flexibility index (Phi) is 3.47. The van der Waals surface area contributed by atoms with Crippen molar-refractivity contribution in [2.75, 3.05) is 0 Å². The van der Waals surface area contributed by atoms with Crippen LogP contribution >= 0.6 is 0 Å². The molecule has 9 heteroatoms. The number of alkyl halides is 3. The highest BCUT2D eigenvalue weighted by molar-refractivity contribution is 5.49. The summed E-state index contributed by atoms with van der Waals surface area (Å²) in [6.07, 6.45) is -3.99. The second-order valence-corrected chi connectivity index (χ2v) is 4.78. The van der Waals surface area contributed by atoms with Crippen molar-refractivity contribution >= 4 is 0 Å². The first-order chi connectivity index (χ1) is 10.8. The number of H-pyrrole nitrogens is 1. The van der Waals surface area contributed by atoms with Crippen LogP contribution in [0.25, 0.3) is 11.5 Å². The zero-order valence-electron chi connectivity index (χ0n) is 11.5. The molecule has 2 heterocycles. The van der Waals surface area contributed by atoms with E-state index in [1.54, 1.807) is 30.3 Å². The zero-order valence-corrected chi connectivity index (χ0v) is 11.5. The van der Waals surface area contributed by atoms with Crippen molar-refractivity contribution in [3.05, 3.63) is 68.6 Å². The summed E-state index contributed by atoms with van der Waals surface area (Å²) < 4.78 is 40.0. The van der Waals surface area contributed by atoms with E-state index in [-0.39, 0.29) is 12.4 Å². The molecule has 0 aliphatic carbocycles. The lowest BCUT2D eigenvalue weighted by Crippen LogP contribution is -2.30. The van der Waals surface area contributed by atoms with Crippen molar-refractivity contribution in [2.24, 2.45) is 0 Å². The third-order valence-electron chi connectivity index (χ3n) is 3.12. The molecule has 3 rings (SSSR count). The van der Waals surface area contributed by atoms with Crippen molar-refractivity contribution in [1.29, 1.82) is 0 Å². The van der Waals surface area contributed by atoms with Crippen molar-refractivity contribution in [3.63, 3.8) is 0 Å². The molecule has 2 aliphatic heterocycles. The van der Waals surface area contributed by atoms with Crippen LogP contribution < -0.4 is 11.2 Å². The number of aromatic amines is 1. The Morgan fingerprint density at radius 2 is 1.78 bits per heavy atom. The van der Waals surface area contributed by atoms with Gasteiger partial charge in [0.1, 0.15) is 0 Å². The highest BCUT2D eigenvalue weighted by Crippen LogP contribution is 2.29. The number of rotatable bonds is 2. The maximum Gasteiger partial charge on any atom is 0.434 e. The Balaban J connectivity index is 2.25. The average molecular weight is 322 g/mol. The molecule has 0 fully saturated rings. The second kappa shape index (κ2) is 5.34. The van der Waals surface area contributed by atoms with Gasteiger partial charge in [-0.15, -0.1) is 0 Å². The van der Waals surface area contributed by atoms with Crippen molar-refractivity contribution in [3.8, 4) is 11.5 Å². The third-order valence-corrected chi connectivity index (χ3v) is 3.12. The van der Waals surface area contributed by atoms with Gasteiger partial charge < -0.3 is 4.57 Å². The van der Waals surface area contributed by atoms with E-state index in [1.807, 2.05) is 4.98 Å². The molecule has 6 nitrogen and oxygen atoms in total. The molecule has 0 saturated heterocycles. The van der Waals surface area contributed by atoms with E-state index in [9.17, 15) is 22.8 Å². The summed E-state index contributed by atoms with van der Waals surface area (Å²) >= 11 is 0. The minimum absolute atomic E-state index is 0.0127. The van der Waals surface area contributed by atoms with Crippen LogP contribution in [0.15, 0.2) is 46.1 Å². The molecule has 0 aromatic heterocycles. The SMILES string of the molecule is O=c1nc2n(Cc3ccccc3)cc(C(F)(F)F)nc-2c(=O)[nH]1. The van der Waals surface area contributed by atoms with Crippen molar-refractivity contribution in [1.82, 2.24) is 19.5 Å². The first-order valence-electron chi connectivity index (χ1n) is 6.47. The number of benzene rings is 1. The molecule has 1 aromatic carbocycles. The summed E-state index contributed by atoms with van der Waals surface area (Å²) in [6, 6.07) is 8.63. The lowest BCUT2D eigenvalue weighted by molar-refractivity contribution is -0.141. The Hall–Kier alpha value is -2.97. The molecule has 0 spiro atoms. The fourth-order valence-corrected chi connectivity index (χ4v) is 2.13. The van der Waals surface area contributed by atoms with Crippen LogP contribution in [0.2, 0.25) is 0 Å². The van der Waals surface area contributed by atoms with Gasteiger partial charge in [-0.3, -0.25) is 9.78 Å². The summed E-state index contributed by atoms with van der Waals surface area (Å²) in [6.45, 7) is 0.0127. The Labute approximate surface area is 126 Å². The molecule has 118 valence electrons. The number of nitrogens with one attached hydrogen (secondary N) is 1. The van der Waals surface area contributed by atoms with Crippen LogP contribution in [0.3, 0.4) is 0 Å². The largest absolute Gasteiger partial charge is 0.434 e. The third kappa shape index (κ3) is 2.98. The summed E-state index contributed by atoms with van der Waals surface area (Å²) in [5.41, 5.74) is -3.02. The van der Waals surface area contributed by atoms with Crippen LogP contribution in [0.1, 0.15) is 11.3 Å². The molecule has 0 atom stereocenters. The maximum atomic E-state index is 13.0. The van der Waals surface area contributed by atoms with Gasteiger partial charge in [0.15, 0.2) is 17.2 Å². The average Bonchev–Trinajstić information content (AvgIpc) is 2.48. The van der Waals surface area contributed by atoms with Gasteiger partial charge in [0, 0.05) is 12.7 Å². The predicted octanol–water partition coefficient (Wildman–Crippen LogP) is 1.50. The summed E-state index contributed by atoms with van der Waals surface area (Å²) in [4.78, 5) is 31.8. The van der Waals surface area contributed by atoms with E-state index in [0.717, 1.165) is 10.8 Å². The minimum Gasteiger partial charge on any atom is -0.324 e. The van der Waals surface area contributed by atoms with Gasteiger partial charge in [-0.1, -0.05) is 30.3 Å². The van der Waals surface area contributed by atoms with E-state index < -0.39 is 28.8 Å². The Morgan fingerprint density at radius 3 is 2.43 bits per heavy atom. The first-order valence-corrected chi connectivity index (χ1v) is 6.47. The zero-order chi connectivity index (χ0) is 16.6. The smallest absolute Gasteiger partial charge is 0.324 e. The molecule has 23 heavy (non-hydrogen) atoms. The normalized spacial score (nSPS) is 11.8. The van der Waals surface area contributed by atoms with Crippen LogP contribution in [0.5, 0.6) is 0 Å². The monoisotopic (exact) mass is 322 g/mol. The van der Waals surface area contributed by atoms with E-state index in [0.29, 0.717) is 5.56 Å². The number of hydrogen-bond acceptors (Lipinski definition) is 4. The summed E-state index contributed by atoms with van der Waals surface area (Å²) in [7, 11) is 0. The van der Waals surface area contributed by atoms with Gasteiger partial charge in [0.25, 0.3) is 5.56 Å². The maximum absolute atomic E-state index is 13.0. The van der Waals surface area contributed by atoms with Crippen molar-refractivity contribution < 1.29 is 13.2 Å². The molecule has 0 saturated carbocycles.